The van der Waals surface area contributed by atoms with Crippen molar-refractivity contribution in [2.75, 3.05) is 30.8 Å². The van der Waals surface area contributed by atoms with Gasteiger partial charge in [-0.05, 0) is 104 Å². The maximum Gasteiger partial charge on any atom is 0.273 e. The topological polar surface area (TPSA) is 154 Å². The van der Waals surface area contributed by atoms with Crippen LogP contribution in [0.3, 0.4) is 0 Å². The molecular weight excluding hydrogens is 770 g/mol. The number of benzene rings is 4. The normalized spacial score (nSPS) is 16.9. The third kappa shape index (κ3) is 8.41. The average molecular weight is 812 g/mol. The fraction of sp³-hybridized carbons (Fsp3) is 0.239. The summed E-state index contributed by atoms with van der Waals surface area (Å²) in [7, 11) is 1.56. The number of fused-ring (bicyclic) bond motifs is 1. The van der Waals surface area contributed by atoms with Gasteiger partial charge in [-0.1, -0.05) is 54.1 Å². The molecule has 4 aromatic carbocycles. The number of hydrogen-bond acceptors (Lipinski definition) is 8. The highest BCUT2D eigenvalue weighted by molar-refractivity contribution is 6.30. The molecule has 2 aliphatic rings. The fourth-order valence-corrected chi connectivity index (χ4v) is 8.18. The standard InChI is InChI=1S/C46H42ClN5O7/c1-58-39-13-5-11-34-35(39)27-40(47)50-42(34)45(56)51-24-6-10-33(51)26-41(53)48-31-18-14-28(15-19-31)37-22-23-38(59-37)29-16-20-32(21-17-29)49-44(55)36-12-7-25-52(36)46(57)43(54)30-8-3-2-4-9-30/h2-5,8-9,11,13-23,27,33,36,43,54H,6-7,10,12,24-26H2,1H3,(H,48,53)(H,49,55)/t33-,36-,43+/m0/s1. The number of halogens is 1. The first-order valence-electron chi connectivity index (χ1n) is 19.6. The van der Waals surface area contributed by atoms with Crippen LogP contribution in [-0.2, 0) is 14.4 Å². The number of pyridine rings is 1. The molecule has 2 aliphatic heterocycles. The largest absolute Gasteiger partial charge is 0.496 e. The molecule has 12 nitrogen and oxygen atoms in total. The van der Waals surface area contributed by atoms with Gasteiger partial charge in [0.25, 0.3) is 11.8 Å². The second-order valence-corrected chi connectivity index (χ2v) is 15.1. The van der Waals surface area contributed by atoms with Crippen molar-refractivity contribution in [3.63, 3.8) is 0 Å². The number of methoxy groups -OCH3 is 1. The molecule has 8 rings (SSSR count). The average Bonchev–Trinajstić information content (AvgIpc) is 4.06. The van der Waals surface area contributed by atoms with E-state index in [-0.39, 0.29) is 41.0 Å². The number of amides is 4. The zero-order chi connectivity index (χ0) is 41.0. The van der Waals surface area contributed by atoms with E-state index in [9.17, 15) is 24.3 Å². The van der Waals surface area contributed by atoms with Gasteiger partial charge in [-0.2, -0.15) is 0 Å². The summed E-state index contributed by atoms with van der Waals surface area (Å²) in [4.78, 5) is 60.9. The number of carbonyl (C=O) groups is 4. The van der Waals surface area contributed by atoms with Gasteiger partial charge < -0.3 is 34.7 Å². The Balaban J connectivity index is 0.857. The van der Waals surface area contributed by atoms with Gasteiger partial charge in [0.2, 0.25) is 11.8 Å². The predicted octanol–water partition coefficient (Wildman–Crippen LogP) is 8.12. The highest BCUT2D eigenvalue weighted by Crippen LogP contribution is 2.33. The lowest BCUT2D eigenvalue weighted by Gasteiger charge is -2.26. The lowest BCUT2D eigenvalue weighted by atomic mass is 10.1. The third-order valence-electron chi connectivity index (χ3n) is 11.0. The van der Waals surface area contributed by atoms with Crippen LogP contribution < -0.4 is 15.4 Å². The van der Waals surface area contributed by atoms with Crippen molar-refractivity contribution in [3.8, 4) is 28.4 Å². The Morgan fingerprint density at radius 3 is 2.12 bits per heavy atom. The Labute approximate surface area is 345 Å². The number of aromatic nitrogens is 1. The van der Waals surface area contributed by atoms with Crippen LogP contribution in [0.4, 0.5) is 11.4 Å². The van der Waals surface area contributed by atoms with Crippen LogP contribution in [0.1, 0.15) is 54.3 Å². The Bertz CT molecular complexity index is 2510. The van der Waals surface area contributed by atoms with Crippen LogP contribution in [0.5, 0.6) is 5.75 Å². The molecule has 6 aromatic rings. The van der Waals surface area contributed by atoms with Gasteiger partial charge in [-0.25, -0.2) is 4.98 Å². The van der Waals surface area contributed by atoms with E-state index >= 15 is 0 Å². The fourth-order valence-electron chi connectivity index (χ4n) is 7.98. The molecule has 4 heterocycles. The number of aliphatic hydroxyl groups is 1. The van der Waals surface area contributed by atoms with Crippen LogP contribution in [0.15, 0.2) is 120 Å². The number of carbonyl (C=O) groups excluding carboxylic acids is 4. The molecule has 0 spiro atoms. The summed E-state index contributed by atoms with van der Waals surface area (Å²) in [6, 6.07) is 33.2. The summed E-state index contributed by atoms with van der Waals surface area (Å²) >= 11 is 6.33. The molecule has 0 saturated carbocycles. The zero-order valence-electron chi connectivity index (χ0n) is 32.3. The first-order chi connectivity index (χ1) is 28.7. The van der Waals surface area contributed by atoms with Crippen LogP contribution in [-0.4, -0.2) is 75.8 Å². The molecule has 4 amide bonds. The van der Waals surface area contributed by atoms with Crippen molar-refractivity contribution in [1.29, 1.82) is 0 Å². The van der Waals surface area contributed by atoms with Crippen LogP contribution in [0.25, 0.3) is 33.4 Å². The second kappa shape index (κ2) is 17.2. The molecule has 2 aromatic heterocycles. The summed E-state index contributed by atoms with van der Waals surface area (Å²) in [5.74, 6) is 0.602. The monoisotopic (exact) mass is 811 g/mol. The Morgan fingerprint density at radius 2 is 1.44 bits per heavy atom. The molecule has 2 saturated heterocycles. The van der Waals surface area contributed by atoms with Crippen LogP contribution >= 0.6 is 11.6 Å². The molecule has 59 heavy (non-hydrogen) atoms. The van der Waals surface area contributed by atoms with E-state index in [1.807, 2.05) is 48.5 Å². The number of anilines is 2. The second-order valence-electron chi connectivity index (χ2n) is 14.7. The molecule has 2 fully saturated rings. The van der Waals surface area contributed by atoms with E-state index in [4.69, 9.17) is 20.8 Å². The molecule has 300 valence electrons. The van der Waals surface area contributed by atoms with Crippen LogP contribution in [0.2, 0.25) is 5.15 Å². The minimum Gasteiger partial charge on any atom is -0.496 e. The van der Waals surface area contributed by atoms with Crippen molar-refractivity contribution in [2.45, 2.75) is 50.3 Å². The third-order valence-corrected chi connectivity index (χ3v) is 11.2. The Hall–Kier alpha value is -6.50. The number of aliphatic hydroxyl groups excluding tert-OH is 1. The van der Waals surface area contributed by atoms with E-state index in [1.54, 1.807) is 78.7 Å². The summed E-state index contributed by atoms with van der Waals surface area (Å²) < 4.78 is 11.7. The lowest BCUT2D eigenvalue weighted by Crippen LogP contribution is -2.45. The van der Waals surface area contributed by atoms with E-state index in [0.29, 0.717) is 77.3 Å². The van der Waals surface area contributed by atoms with Crippen molar-refractivity contribution in [2.24, 2.45) is 0 Å². The smallest absolute Gasteiger partial charge is 0.273 e. The van der Waals surface area contributed by atoms with Gasteiger partial charge in [0.05, 0.1) is 7.11 Å². The van der Waals surface area contributed by atoms with Crippen molar-refractivity contribution < 1.29 is 33.4 Å². The number of rotatable bonds is 11. The number of furan rings is 1. The minimum atomic E-state index is -1.33. The summed E-state index contributed by atoms with van der Waals surface area (Å²) in [6.45, 7) is 0.919. The highest BCUT2D eigenvalue weighted by atomic mass is 35.5. The summed E-state index contributed by atoms with van der Waals surface area (Å²) in [5, 5.41) is 18.1. The van der Waals surface area contributed by atoms with Gasteiger partial charge in [-0.3, -0.25) is 19.2 Å². The molecule has 0 unspecified atom stereocenters. The van der Waals surface area contributed by atoms with E-state index in [1.165, 1.54) is 4.90 Å². The maximum atomic E-state index is 13.8. The van der Waals surface area contributed by atoms with Crippen LogP contribution in [0, 0.1) is 0 Å². The number of likely N-dealkylation sites (tertiary alicyclic amines) is 2. The number of nitrogens with zero attached hydrogens (tertiary/aromatic N) is 3. The SMILES string of the molecule is COc1cccc2c(C(=O)N3CCC[C@H]3CC(=O)Nc3ccc(-c4ccc(-c5ccc(NC(=O)[C@@H]6CCCN6C(=O)[C@H](O)c6ccccc6)cc5)o4)cc3)nc(Cl)cc12. The molecular formula is C46H42ClN5O7. The predicted molar refractivity (Wildman–Crippen MR) is 225 cm³/mol. The quantitative estimate of drug-likeness (QED) is 0.111. The number of nitrogens with one attached hydrogen (secondary N) is 2. The Morgan fingerprint density at radius 1 is 0.797 bits per heavy atom. The first-order valence-corrected chi connectivity index (χ1v) is 19.9. The first kappa shape index (κ1) is 39.3. The van der Waals surface area contributed by atoms with E-state index in [0.717, 1.165) is 17.5 Å². The molecule has 13 heteroatoms. The maximum absolute atomic E-state index is 13.8. The van der Waals surface area contributed by atoms with Gasteiger partial charge in [-0.15, -0.1) is 0 Å². The molecule has 3 N–H and O–H groups in total. The minimum absolute atomic E-state index is 0.136. The van der Waals surface area contributed by atoms with E-state index < -0.39 is 18.1 Å². The number of hydrogen-bond donors (Lipinski definition) is 3. The van der Waals surface area contributed by atoms with Crippen molar-refractivity contribution in [3.05, 3.63) is 132 Å². The zero-order valence-corrected chi connectivity index (χ0v) is 33.0. The number of ether oxygens (including phenoxy) is 1. The Kier molecular flexibility index (Phi) is 11.4. The molecule has 0 radical (unpaired) electrons. The molecule has 0 bridgehead atoms. The molecule has 0 aliphatic carbocycles. The van der Waals surface area contributed by atoms with Gasteiger partial charge in [0, 0.05) is 58.8 Å². The van der Waals surface area contributed by atoms with Gasteiger partial charge in [0.1, 0.15) is 34.2 Å². The molecule has 3 atom stereocenters. The van der Waals surface area contributed by atoms with Gasteiger partial charge >= 0.3 is 0 Å². The summed E-state index contributed by atoms with van der Waals surface area (Å²) in [5.41, 5.74) is 3.54. The lowest BCUT2D eigenvalue weighted by molar-refractivity contribution is -0.144. The van der Waals surface area contributed by atoms with Gasteiger partial charge in [0.15, 0.2) is 6.10 Å². The van der Waals surface area contributed by atoms with Crippen molar-refractivity contribution in [1.82, 2.24) is 14.8 Å². The highest BCUT2D eigenvalue weighted by Gasteiger charge is 2.37. The summed E-state index contributed by atoms with van der Waals surface area (Å²) in [6.07, 6.45) is 1.46. The van der Waals surface area contributed by atoms with Crippen molar-refractivity contribution >= 4 is 57.4 Å². The van der Waals surface area contributed by atoms with E-state index in [2.05, 4.69) is 15.6 Å².